The smallest absolute Gasteiger partial charge is 0.356 e. The third kappa shape index (κ3) is 3.91. The fourth-order valence-corrected chi connectivity index (χ4v) is 3.50. The summed E-state index contributed by atoms with van der Waals surface area (Å²) in [6, 6.07) is 7.64. The van der Waals surface area contributed by atoms with Crippen molar-refractivity contribution in [2.45, 2.75) is 13.8 Å². The average Bonchev–Trinajstić information content (AvgIpc) is 3.29. The predicted octanol–water partition coefficient (Wildman–Crippen LogP) is 3.72. The maximum Gasteiger partial charge on any atom is 0.356 e. The van der Waals surface area contributed by atoms with Crippen LogP contribution >= 0.6 is 11.3 Å². The van der Waals surface area contributed by atoms with Gasteiger partial charge in [0.15, 0.2) is 10.6 Å². The van der Waals surface area contributed by atoms with Gasteiger partial charge in [-0.05, 0) is 37.6 Å². The van der Waals surface area contributed by atoms with E-state index in [1.165, 1.54) is 11.3 Å². The molecule has 0 bridgehead atoms. The first-order valence-corrected chi connectivity index (χ1v) is 9.56. The summed E-state index contributed by atoms with van der Waals surface area (Å²) >= 11 is 1.35. The molecule has 28 heavy (non-hydrogen) atoms. The quantitative estimate of drug-likeness (QED) is 0.590. The number of hydrogen-bond acceptors (Lipinski definition) is 7. The van der Waals surface area contributed by atoms with Gasteiger partial charge in [-0.3, -0.25) is 9.56 Å². The van der Waals surface area contributed by atoms with Crippen molar-refractivity contribution in [1.29, 1.82) is 0 Å². The van der Waals surface area contributed by atoms with Crippen LogP contribution in [0.4, 0.5) is 0 Å². The Balaban J connectivity index is 2.05. The lowest BCUT2D eigenvalue weighted by Crippen LogP contribution is -2.20. The number of benzene rings is 1. The number of carbonyl (C=O) groups is 1. The van der Waals surface area contributed by atoms with Gasteiger partial charge in [0.25, 0.3) is 0 Å². The number of methoxy groups -OCH3 is 1. The van der Waals surface area contributed by atoms with Crippen molar-refractivity contribution < 1.29 is 18.8 Å². The largest absolute Gasteiger partial charge is 0.497 e. The summed E-state index contributed by atoms with van der Waals surface area (Å²) in [4.78, 5) is 17.3. The van der Waals surface area contributed by atoms with Gasteiger partial charge in [0.2, 0.25) is 0 Å². The summed E-state index contributed by atoms with van der Waals surface area (Å²) in [6.45, 7) is 3.89. The fourth-order valence-electron chi connectivity index (χ4n) is 2.68. The van der Waals surface area contributed by atoms with Crippen molar-refractivity contribution >= 4 is 29.5 Å². The molecule has 0 saturated heterocycles. The topological polar surface area (TPSA) is 78.9 Å². The third-order valence-corrected chi connectivity index (χ3v) is 4.92. The van der Waals surface area contributed by atoms with Gasteiger partial charge in [-0.2, -0.15) is 0 Å². The summed E-state index contributed by atoms with van der Waals surface area (Å²) in [5, 5.41) is 5.80. The van der Waals surface area contributed by atoms with Crippen LogP contribution < -0.4 is 9.54 Å². The first-order chi connectivity index (χ1) is 13.6. The maximum absolute atomic E-state index is 12.4. The van der Waals surface area contributed by atoms with E-state index in [1.54, 1.807) is 31.0 Å². The van der Waals surface area contributed by atoms with Crippen LogP contribution in [-0.4, -0.2) is 36.5 Å². The lowest BCUT2D eigenvalue weighted by Gasteiger charge is -2.07. The molecule has 0 aliphatic heterocycles. The molecule has 0 radical (unpaired) electrons. The molecule has 0 unspecified atom stereocenters. The Morgan fingerprint density at radius 1 is 1.32 bits per heavy atom. The van der Waals surface area contributed by atoms with Crippen LogP contribution in [-0.2, 0) is 4.74 Å². The molecule has 7 nitrogen and oxygen atoms in total. The zero-order valence-electron chi connectivity index (χ0n) is 16.1. The van der Waals surface area contributed by atoms with Gasteiger partial charge in [-0.25, -0.2) is 4.79 Å². The second-order valence-electron chi connectivity index (χ2n) is 5.77. The van der Waals surface area contributed by atoms with Gasteiger partial charge in [0.1, 0.15) is 22.8 Å². The number of aryl methyl sites for hydroxylation is 1. The van der Waals surface area contributed by atoms with E-state index in [1.807, 2.05) is 43.3 Å². The SMILES string of the molecule is CCOC(=O)c1csc(=NC)n1-c1c(C)noc1/C=C/c1ccc(OC)cc1. The Morgan fingerprint density at radius 2 is 2.07 bits per heavy atom. The lowest BCUT2D eigenvalue weighted by molar-refractivity contribution is 0.0516. The molecule has 0 amide bonds. The normalized spacial score (nSPS) is 11.9. The molecule has 0 saturated carbocycles. The molecule has 1 aromatic carbocycles. The Labute approximate surface area is 166 Å². The molecular weight excluding hydrogens is 378 g/mol. The first-order valence-electron chi connectivity index (χ1n) is 8.68. The maximum atomic E-state index is 12.4. The summed E-state index contributed by atoms with van der Waals surface area (Å²) in [6.07, 6.45) is 3.72. The van der Waals surface area contributed by atoms with E-state index >= 15 is 0 Å². The molecule has 0 atom stereocenters. The minimum absolute atomic E-state index is 0.292. The molecule has 3 aromatic rings. The number of ether oxygens (including phenoxy) is 2. The van der Waals surface area contributed by atoms with E-state index in [4.69, 9.17) is 14.0 Å². The molecule has 2 heterocycles. The number of carbonyl (C=O) groups excluding carboxylic acids is 1. The highest BCUT2D eigenvalue weighted by Gasteiger charge is 2.22. The summed E-state index contributed by atoms with van der Waals surface area (Å²) in [5.41, 5.74) is 2.67. The van der Waals surface area contributed by atoms with Gasteiger partial charge in [0, 0.05) is 12.4 Å². The Morgan fingerprint density at radius 3 is 2.71 bits per heavy atom. The lowest BCUT2D eigenvalue weighted by atomic mass is 10.2. The Kier molecular flexibility index (Phi) is 6.10. The zero-order valence-corrected chi connectivity index (χ0v) is 16.9. The summed E-state index contributed by atoms with van der Waals surface area (Å²) < 4.78 is 17.6. The third-order valence-electron chi connectivity index (χ3n) is 4.01. The number of aromatic nitrogens is 2. The van der Waals surface area contributed by atoms with Crippen LogP contribution in [0.5, 0.6) is 5.75 Å². The highest BCUT2D eigenvalue weighted by Crippen LogP contribution is 2.23. The predicted molar refractivity (Wildman–Crippen MR) is 108 cm³/mol. The number of hydrogen-bond donors (Lipinski definition) is 0. The second kappa shape index (κ2) is 8.71. The molecule has 0 aliphatic rings. The van der Waals surface area contributed by atoms with Crippen LogP contribution in [0.1, 0.15) is 34.4 Å². The molecule has 8 heteroatoms. The average molecular weight is 399 g/mol. The van der Waals surface area contributed by atoms with E-state index in [0.29, 0.717) is 34.2 Å². The number of thiazole rings is 1. The van der Waals surface area contributed by atoms with Crippen LogP contribution in [0, 0.1) is 6.92 Å². The van der Waals surface area contributed by atoms with Crippen molar-refractivity contribution in [2.75, 3.05) is 20.8 Å². The van der Waals surface area contributed by atoms with E-state index in [9.17, 15) is 4.79 Å². The highest BCUT2D eigenvalue weighted by atomic mass is 32.1. The van der Waals surface area contributed by atoms with Crippen molar-refractivity contribution in [1.82, 2.24) is 9.72 Å². The van der Waals surface area contributed by atoms with Gasteiger partial charge in [0.05, 0.1) is 13.7 Å². The molecule has 146 valence electrons. The summed E-state index contributed by atoms with van der Waals surface area (Å²) in [7, 11) is 3.30. The fraction of sp³-hybridized carbons (Fsp3) is 0.250. The number of esters is 1. The van der Waals surface area contributed by atoms with Crippen molar-refractivity contribution in [3.05, 3.63) is 57.2 Å². The van der Waals surface area contributed by atoms with Crippen LogP contribution in [0.15, 0.2) is 39.2 Å². The Bertz CT molecular complexity index is 1060. The van der Waals surface area contributed by atoms with Crippen LogP contribution in [0.2, 0.25) is 0 Å². The minimum Gasteiger partial charge on any atom is -0.497 e. The second-order valence-corrected chi connectivity index (χ2v) is 6.61. The van der Waals surface area contributed by atoms with Crippen LogP contribution in [0.25, 0.3) is 17.8 Å². The highest BCUT2D eigenvalue weighted by molar-refractivity contribution is 7.07. The van der Waals surface area contributed by atoms with Crippen molar-refractivity contribution in [3.8, 4) is 11.4 Å². The zero-order chi connectivity index (χ0) is 20.1. The minimum atomic E-state index is -0.417. The van der Waals surface area contributed by atoms with E-state index in [-0.39, 0.29) is 0 Å². The number of nitrogens with zero attached hydrogens (tertiary/aromatic N) is 3. The number of rotatable bonds is 6. The molecule has 0 aliphatic carbocycles. The van der Waals surface area contributed by atoms with E-state index in [0.717, 1.165) is 11.3 Å². The molecule has 2 aromatic heterocycles. The van der Waals surface area contributed by atoms with Crippen molar-refractivity contribution in [2.24, 2.45) is 4.99 Å². The van der Waals surface area contributed by atoms with E-state index < -0.39 is 5.97 Å². The Hall–Kier alpha value is -3.13. The van der Waals surface area contributed by atoms with Gasteiger partial charge < -0.3 is 14.0 Å². The van der Waals surface area contributed by atoms with Gasteiger partial charge in [-0.15, -0.1) is 11.3 Å². The van der Waals surface area contributed by atoms with Crippen molar-refractivity contribution in [3.63, 3.8) is 0 Å². The molecule has 0 N–H and O–H groups in total. The standard InChI is InChI=1S/C20H21N3O4S/c1-5-26-19(24)16-12-28-20(21-3)23(16)18-13(2)22-27-17(18)11-8-14-6-9-15(25-4)10-7-14/h6-12H,5H2,1-4H3/b11-8+,21-20?. The molecule has 0 fully saturated rings. The van der Waals surface area contributed by atoms with Crippen LogP contribution in [0.3, 0.4) is 0 Å². The van der Waals surface area contributed by atoms with Gasteiger partial charge >= 0.3 is 5.97 Å². The molecular formula is C20H21N3O4S. The molecule has 3 rings (SSSR count). The van der Waals surface area contributed by atoms with Gasteiger partial charge in [-0.1, -0.05) is 23.4 Å². The van der Waals surface area contributed by atoms with E-state index in [2.05, 4.69) is 10.1 Å². The summed E-state index contributed by atoms with van der Waals surface area (Å²) in [5.74, 6) is 0.891. The first kappa shape index (κ1) is 19.6. The molecule has 0 spiro atoms. The monoisotopic (exact) mass is 399 g/mol.